The molecule has 1 aliphatic heterocycles. The number of piperidine rings is 1. The lowest BCUT2D eigenvalue weighted by Crippen LogP contribution is -2.36. The molecule has 1 saturated heterocycles. The number of aromatic nitrogens is 1. The Labute approximate surface area is 128 Å². The monoisotopic (exact) mass is 334 g/mol. The minimum absolute atomic E-state index is 0.721. The van der Waals surface area contributed by atoms with Crippen molar-refractivity contribution in [1.82, 2.24) is 4.98 Å². The second kappa shape index (κ2) is 6.00. The van der Waals surface area contributed by atoms with E-state index in [0.717, 1.165) is 35.9 Å². The minimum atomic E-state index is 0.721. The van der Waals surface area contributed by atoms with E-state index in [9.17, 15) is 0 Å². The van der Waals surface area contributed by atoms with Crippen molar-refractivity contribution in [3.8, 4) is 5.75 Å². The van der Waals surface area contributed by atoms with E-state index in [4.69, 9.17) is 4.74 Å². The van der Waals surface area contributed by atoms with Crippen LogP contribution in [0.25, 0.3) is 10.8 Å². The smallest absolute Gasteiger partial charge is 0.136 e. The van der Waals surface area contributed by atoms with Crippen molar-refractivity contribution >= 4 is 32.5 Å². The molecule has 1 aromatic carbocycles. The van der Waals surface area contributed by atoms with E-state index in [-0.39, 0.29) is 0 Å². The molecule has 1 unspecified atom stereocenters. The number of anilines is 1. The molecule has 0 spiro atoms. The van der Waals surface area contributed by atoms with Gasteiger partial charge < -0.3 is 9.64 Å². The number of ether oxygens (including phenoxy) is 1. The molecule has 3 rings (SSSR count). The van der Waals surface area contributed by atoms with Crippen LogP contribution in [0.1, 0.15) is 12.8 Å². The number of halogens is 1. The van der Waals surface area contributed by atoms with E-state index in [2.05, 4.69) is 37.9 Å². The van der Waals surface area contributed by atoms with Crippen LogP contribution in [-0.2, 0) is 0 Å². The highest BCUT2D eigenvalue weighted by Gasteiger charge is 2.21. The van der Waals surface area contributed by atoms with Crippen LogP contribution >= 0.6 is 15.9 Å². The van der Waals surface area contributed by atoms with Gasteiger partial charge in [0.25, 0.3) is 0 Å². The van der Waals surface area contributed by atoms with Crippen LogP contribution in [0.2, 0.25) is 0 Å². The lowest BCUT2D eigenvalue weighted by molar-refractivity contribution is 0.415. The summed E-state index contributed by atoms with van der Waals surface area (Å²) in [6.45, 7) is 2.19. The quantitative estimate of drug-likeness (QED) is 0.797. The fourth-order valence-corrected chi connectivity index (χ4v) is 3.43. The maximum atomic E-state index is 5.30. The third-order valence-corrected chi connectivity index (χ3v) is 4.90. The third-order valence-electron chi connectivity index (χ3n) is 3.99. The van der Waals surface area contributed by atoms with Gasteiger partial charge in [-0.1, -0.05) is 15.9 Å². The molecule has 0 radical (unpaired) electrons. The highest BCUT2D eigenvalue weighted by atomic mass is 79.9. The normalized spacial score (nSPS) is 19.3. The van der Waals surface area contributed by atoms with Gasteiger partial charge in [0.2, 0.25) is 0 Å². The summed E-state index contributed by atoms with van der Waals surface area (Å²) < 4.78 is 5.30. The van der Waals surface area contributed by atoms with E-state index in [1.165, 1.54) is 23.6 Å². The Bertz CT molecular complexity index is 602. The number of nitrogens with zero attached hydrogens (tertiary/aromatic N) is 2. The molecule has 1 fully saturated rings. The van der Waals surface area contributed by atoms with Crippen molar-refractivity contribution in [1.29, 1.82) is 0 Å². The van der Waals surface area contributed by atoms with Crippen LogP contribution in [0.5, 0.6) is 5.75 Å². The molecule has 3 nitrogen and oxygen atoms in total. The Hall–Kier alpha value is -1.29. The van der Waals surface area contributed by atoms with Gasteiger partial charge in [0.1, 0.15) is 11.6 Å². The Morgan fingerprint density at radius 1 is 1.40 bits per heavy atom. The number of hydrogen-bond acceptors (Lipinski definition) is 3. The molecule has 2 heterocycles. The van der Waals surface area contributed by atoms with Crippen molar-refractivity contribution in [3.63, 3.8) is 0 Å². The Kier molecular flexibility index (Phi) is 4.10. The molecule has 1 atom stereocenters. The molecule has 4 heteroatoms. The van der Waals surface area contributed by atoms with Crippen molar-refractivity contribution in [2.45, 2.75) is 12.8 Å². The third kappa shape index (κ3) is 2.62. The summed E-state index contributed by atoms with van der Waals surface area (Å²) in [5.41, 5.74) is 0. The van der Waals surface area contributed by atoms with Gasteiger partial charge in [-0.3, -0.25) is 0 Å². The van der Waals surface area contributed by atoms with Gasteiger partial charge in [0.05, 0.1) is 7.11 Å². The maximum Gasteiger partial charge on any atom is 0.136 e. The highest BCUT2D eigenvalue weighted by molar-refractivity contribution is 9.09. The molecule has 1 aliphatic rings. The van der Waals surface area contributed by atoms with Crippen LogP contribution in [0.3, 0.4) is 0 Å². The number of rotatable bonds is 3. The number of alkyl halides is 1. The molecule has 2 aromatic rings. The van der Waals surface area contributed by atoms with Gasteiger partial charge in [0.15, 0.2) is 0 Å². The average molecular weight is 335 g/mol. The number of fused-ring (bicyclic) bond motifs is 1. The SMILES string of the molecule is COc1ccc2c(N3CCCC(CBr)C3)nccc2c1. The van der Waals surface area contributed by atoms with Gasteiger partial charge in [-0.15, -0.1) is 0 Å². The van der Waals surface area contributed by atoms with Crippen molar-refractivity contribution < 1.29 is 4.74 Å². The summed E-state index contributed by atoms with van der Waals surface area (Å²) in [5, 5.41) is 3.47. The van der Waals surface area contributed by atoms with Crippen molar-refractivity contribution in [3.05, 3.63) is 30.5 Å². The summed E-state index contributed by atoms with van der Waals surface area (Å²) in [5.74, 6) is 2.72. The second-order valence-corrected chi connectivity index (χ2v) is 5.98. The van der Waals surface area contributed by atoms with Crippen molar-refractivity contribution in [2.75, 3.05) is 30.4 Å². The molecule has 0 aliphatic carbocycles. The number of methoxy groups -OCH3 is 1. The second-order valence-electron chi connectivity index (χ2n) is 5.33. The first-order chi connectivity index (χ1) is 9.81. The van der Waals surface area contributed by atoms with E-state index in [1.807, 2.05) is 18.3 Å². The molecule has 106 valence electrons. The number of benzene rings is 1. The number of pyridine rings is 1. The van der Waals surface area contributed by atoms with Crippen LogP contribution < -0.4 is 9.64 Å². The first-order valence-electron chi connectivity index (χ1n) is 7.05. The molecule has 1 aromatic heterocycles. The Morgan fingerprint density at radius 2 is 2.30 bits per heavy atom. The van der Waals surface area contributed by atoms with Crippen molar-refractivity contribution in [2.24, 2.45) is 5.92 Å². The summed E-state index contributed by atoms with van der Waals surface area (Å²) in [6, 6.07) is 8.26. The van der Waals surface area contributed by atoms with Gasteiger partial charge >= 0.3 is 0 Å². The zero-order chi connectivity index (χ0) is 13.9. The van der Waals surface area contributed by atoms with E-state index in [1.54, 1.807) is 7.11 Å². The van der Waals surface area contributed by atoms with E-state index in [0.29, 0.717) is 0 Å². The van der Waals surface area contributed by atoms with Crippen LogP contribution in [0.4, 0.5) is 5.82 Å². The zero-order valence-corrected chi connectivity index (χ0v) is 13.3. The Morgan fingerprint density at radius 3 is 3.10 bits per heavy atom. The molecule has 0 N–H and O–H groups in total. The summed E-state index contributed by atoms with van der Waals surface area (Å²) >= 11 is 3.62. The first kappa shape index (κ1) is 13.7. The van der Waals surface area contributed by atoms with Crippen LogP contribution in [0, 0.1) is 5.92 Å². The van der Waals surface area contributed by atoms with Crippen LogP contribution in [-0.4, -0.2) is 30.5 Å². The predicted octanol–water partition coefficient (Wildman–Crippen LogP) is 3.85. The lowest BCUT2D eigenvalue weighted by atomic mass is 9.99. The van der Waals surface area contributed by atoms with Crippen LogP contribution in [0.15, 0.2) is 30.5 Å². The standard InChI is InChI=1S/C16H19BrN2O/c1-20-14-4-5-15-13(9-14)6-7-18-16(15)19-8-2-3-12(10-17)11-19/h4-7,9,12H,2-3,8,10-11H2,1H3. The number of hydrogen-bond donors (Lipinski definition) is 0. The first-order valence-corrected chi connectivity index (χ1v) is 8.17. The molecule has 20 heavy (non-hydrogen) atoms. The van der Waals surface area contributed by atoms with Gasteiger partial charge in [-0.05, 0) is 48.4 Å². The minimum Gasteiger partial charge on any atom is -0.497 e. The van der Waals surface area contributed by atoms with E-state index >= 15 is 0 Å². The fourth-order valence-electron chi connectivity index (χ4n) is 2.90. The lowest BCUT2D eigenvalue weighted by Gasteiger charge is -2.33. The maximum absolute atomic E-state index is 5.30. The van der Waals surface area contributed by atoms with Gasteiger partial charge in [-0.2, -0.15) is 0 Å². The van der Waals surface area contributed by atoms with Gasteiger partial charge in [0, 0.05) is 30.0 Å². The Balaban J connectivity index is 1.98. The predicted molar refractivity (Wildman–Crippen MR) is 87.0 cm³/mol. The zero-order valence-electron chi connectivity index (χ0n) is 11.7. The molecule has 0 saturated carbocycles. The van der Waals surface area contributed by atoms with Gasteiger partial charge in [-0.25, -0.2) is 4.98 Å². The summed E-state index contributed by atoms with van der Waals surface area (Å²) in [4.78, 5) is 7.05. The fraction of sp³-hybridized carbons (Fsp3) is 0.438. The molecular weight excluding hydrogens is 316 g/mol. The highest BCUT2D eigenvalue weighted by Crippen LogP contribution is 2.30. The molecule has 0 bridgehead atoms. The summed E-state index contributed by atoms with van der Waals surface area (Å²) in [7, 11) is 1.70. The summed E-state index contributed by atoms with van der Waals surface area (Å²) in [6.07, 6.45) is 4.44. The largest absolute Gasteiger partial charge is 0.497 e. The molecular formula is C16H19BrN2O. The average Bonchev–Trinajstić information content (AvgIpc) is 2.53. The van der Waals surface area contributed by atoms with E-state index < -0.39 is 0 Å². The molecule has 0 amide bonds. The topological polar surface area (TPSA) is 25.4 Å².